The van der Waals surface area contributed by atoms with E-state index in [1.165, 1.54) is 0 Å². The summed E-state index contributed by atoms with van der Waals surface area (Å²) in [6.07, 6.45) is 1.15. The van der Waals surface area contributed by atoms with Crippen molar-refractivity contribution in [1.29, 1.82) is 0 Å². The lowest BCUT2D eigenvalue weighted by molar-refractivity contribution is -0.139. The zero-order chi connectivity index (χ0) is 12.3. The van der Waals surface area contributed by atoms with Crippen LogP contribution in [0.2, 0.25) is 0 Å². The molecule has 0 aliphatic carbocycles. The predicted molar refractivity (Wildman–Crippen MR) is 67.3 cm³/mol. The first kappa shape index (κ1) is 13.5. The van der Waals surface area contributed by atoms with Gasteiger partial charge >= 0.3 is 0 Å². The van der Waals surface area contributed by atoms with Crippen molar-refractivity contribution in [2.24, 2.45) is 11.3 Å². The molecule has 0 radical (unpaired) electrons. The van der Waals surface area contributed by atoms with Gasteiger partial charge in [0, 0.05) is 26.2 Å². The summed E-state index contributed by atoms with van der Waals surface area (Å²) in [6, 6.07) is 0. The molecule has 2 aliphatic heterocycles. The zero-order valence-corrected chi connectivity index (χ0v) is 11.4. The number of rotatable bonds is 1. The molecule has 3 nitrogen and oxygen atoms in total. The molecule has 0 aromatic carbocycles. The molecule has 2 aliphatic rings. The van der Waals surface area contributed by atoms with Gasteiger partial charge in [-0.1, -0.05) is 27.7 Å². The molecule has 1 amide bonds. The summed E-state index contributed by atoms with van der Waals surface area (Å²) in [7, 11) is 2.07. The van der Waals surface area contributed by atoms with E-state index in [9.17, 15) is 4.79 Å². The fourth-order valence-corrected chi connectivity index (χ4v) is 2.41. The predicted octanol–water partition coefficient (Wildman–Crippen LogP) is 1.83. The van der Waals surface area contributed by atoms with Crippen LogP contribution in [0.3, 0.4) is 0 Å². The molecule has 3 heteroatoms. The van der Waals surface area contributed by atoms with E-state index in [1.807, 2.05) is 13.8 Å². The van der Waals surface area contributed by atoms with Gasteiger partial charge in [-0.25, -0.2) is 0 Å². The van der Waals surface area contributed by atoms with Crippen molar-refractivity contribution in [1.82, 2.24) is 9.80 Å². The average Bonchev–Trinajstić information content (AvgIpc) is 2.56. The number of nitrogens with zero attached hydrogens (tertiary/aromatic N) is 2. The number of hydrogen-bond donors (Lipinski definition) is 0. The second-order valence-corrected chi connectivity index (χ2v) is 5.59. The fourth-order valence-electron chi connectivity index (χ4n) is 2.41. The summed E-state index contributed by atoms with van der Waals surface area (Å²) < 4.78 is 0. The molecule has 0 spiro atoms. The number of amides is 1. The minimum Gasteiger partial charge on any atom is -0.342 e. The van der Waals surface area contributed by atoms with Crippen LogP contribution in [-0.2, 0) is 4.79 Å². The monoisotopic (exact) mass is 226 g/mol. The third-order valence-electron chi connectivity index (χ3n) is 3.40. The maximum atomic E-state index is 12.0. The minimum atomic E-state index is 0.286. The van der Waals surface area contributed by atoms with Gasteiger partial charge in [-0.05, 0) is 18.9 Å². The second-order valence-electron chi connectivity index (χ2n) is 5.59. The zero-order valence-electron chi connectivity index (χ0n) is 11.4. The molecule has 0 saturated carbocycles. The summed E-state index contributed by atoms with van der Waals surface area (Å²) in [4.78, 5) is 16.2. The number of hydrogen-bond acceptors (Lipinski definition) is 2. The Bertz CT molecular complexity index is 244. The van der Waals surface area contributed by atoms with E-state index in [4.69, 9.17) is 0 Å². The molecule has 2 rings (SSSR count). The van der Waals surface area contributed by atoms with E-state index in [0.29, 0.717) is 11.3 Å². The van der Waals surface area contributed by atoms with Gasteiger partial charge in [-0.2, -0.15) is 0 Å². The van der Waals surface area contributed by atoms with Crippen molar-refractivity contribution >= 4 is 5.91 Å². The average molecular weight is 226 g/mol. The maximum absolute atomic E-state index is 12.0. The molecule has 2 heterocycles. The molecule has 0 N–H and O–H groups in total. The third kappa shape index (κ3) is 2.97. The highest BCUT2D eigenvalue weighted by atomic mass is 16.2. The van der Waals surface area contributed by atoms with Gasteiger partial charge in [0.05, 0.1) is 5.92 Å². The molecular formula is C13H26N2O. The fraction of sp³-hybridized carbons (Fsp3) is 0.923. The van der Waals surface area contributed by atoms with Gasteiger partial charge in [0.2, 0.25) is 5.91 Å². The van der Waals surface area contributed by atoms with Gasteiger partial charge < -0.3 is 9.80 Å². The molecule has 0 unspecified atom stereocenters. The van der Waals surface area contributed by atoms with Crippen LogP contribution in [0.25, 0.3) is 0 Å². The first-order chi connectivity index (χ1) is 7.48. The molecule has 2 saturated heterocycles. The van der Waals surface area contributed by atoms with E-state index in [1.54, 1.807) is 0 Å². The van der Waals surface area contributed by atoms with Crippen molar-refractivity contribution in [2.45, 2.75) is 34.1 Å². The lowest BCUT2D eigenvalue weighted by Crippen LogP contribution is -2.52. The first-order valence-electron chi connectivity index (χ1n) is 6.45. The Morgan fingerprint density at radius 2 is 1.81 bits per heavy atom. The van der Waals surface area contributed by atoms with Crippen LogP contribution >= 0.6 is 0 Å². The molecule has 0 bridgehead atoms. The largest absolute Gasteiger partial charge is 0.342 e. The van der Waals surface area contributed by atoms with Crippen LogP contribution in [0.5, 0.6) is 0 Å². The Labute approximate surface area is 99.8 Å². The molecule has 0 aromatic rings. The molecule has 94 valence electrons. The highest BCUT2D eigenvalue weighted by Gasteiger charge is 2.38. The number of carbonyl (C=O) groups excluding carboxylic acids is 1. The van der Waals surface area contributed by atoms with Gasteiger partial charge in [0.15, 0.2) is 0 Å². The smallest absolute Gasteiger partial charge is 0.228 e. The summed E-state index contributed by atoms with van der Waals surface area (Å²) in [5.74, 6) is 0.669. The van der Waals surface area contributed by atoms with E-state index < -0.39 is 0 Å². The second kappa shape index (κ2) is 5.17. The van der Waals surface area contributed by atoms with Gasteiger partial charge in [-0.15, -0.1) is 0 Å². The molecule has 0 atom stereocenters. The Kier molecular flexibility index (Phi) is 4.36. The van der Waals surface area contributed by atoms with Gasteiger partial charge in [0.1, 0.15) is 0 Å². The lowest BCUT2D eigenvalue weighted by Gasteiger charge is -2.37. The highest BCUT2D eigenvalue weighted by molar-refractivity contribution is 5.80. The van der Waals surface area contributed by atoms with Crippen LogP contribution in [0.1, 0.15) is 34.1 Å². The molecule has 2 fully saturated rings. The quantitative estimate of drug-likeness (QED) is 0.681. The lowest BCUT2D eigenvalue weighted by atomic mass is 9.93. The standard InChI is InChI=1S/C11H20N2O.C2H6/c1-11(2)4-5-13(8-11)10(14)9-6-12(3)7-9;1-2/h9H,4-8H2,1-3H3;1-2H3. The maximum Gasteiger partial charge on any atom is 0.228 e. The third-order valence-corrected chi connectivity index (χ3v) is 3.40. The van der Waals surface area contributed by atoms with Crippen molar-refractivity contribution in [3.63, 3.8) is 0 Å². The molecular weight excluding hydrogens is 200 g/mol. The van der Waals surface area contributed by atoms with E-state index >= 15 is 0 Å². The Morgan fingerprint density at radius 1 is 1.25 bits per heavy atom. The summed E-state index contributed by atoms with van der Waals surface area (Å²) in [6.45, 7) is 12.3. The highest BCUT2D eigenvalue weighted by Crippen LogP contribution is 2.30. The van der Waals surface area contributed by atoms with Crippen LogP contribution in [-0.4, -0.2) is 48.9 Å². The van der Waals surface area contributed by atoms with Crippen LogP contribution in [0, 0.1) is 11.3 Å². The Morgan fingerprint density at radius 3 is 2.19 bits per heavy atom. The van der Waals surface area contributed by atoms with E-state index in [0.717, 1.165) is 32.6 Å². The van der Waals surface area contributed by atoms with Crippen LogP contribution in [0.4, 0.5) is 0 Å². The van der Waals surface area contributed by atoms with Crippen LogP contribution < -0.4 is 0 Å². The van der Waals surface area contributed by atoms with Gasteiger partial charge in [0.25, 0.3) is 0 Å². The molecule has 16 heavy (non-hydrogen) atoms. The van der Waals surface area contributed by atoms with Gasteiger partial charge in [-0.3, -0.25) is 4.79 Å². The van der Waals surface area contributed by atoms with Crippen molar-refractivity contribution in [2.75, 3.05) is 33.2 Å². The van der Waals surface area contributed by atoms with Crippen molar-refractivity contribution in [3.8, 4) is 0 Å². The topological polar surface area (TPSA) is 23.6 Å². The number of carbonyl (C=O) groups is 1. The van der Waals surface area contributed by atoms with Crippen molar-refractivity contribution < 1.29 is 4.79 Å². The number of likely N-dealkylation sites (tertiary alicyclic amines) is 2. The summed E-state index contributed by atoms with van der Waals surface area (Å²) in [5.41, 5.74) is 0.339. The van der Waals surface area contributed by atoms with E-state index in [-0.39, 0.29) is 5.92 Å². The Balaban J connectivity index is 0.000000606. The van der Waals surface area contributed by atoms with Crippen LogP contribution in [0.15, 0.2) is 0 Å². The first-order valence-corrected chi connectivity index (χ1v) is 6.45. The molecule has 0 aromatic heterocycles. The SMILES string of the molecule is CC.CN1CC(C(=O)N2CCC(C)(C)C2)C1. The summed E-state index contributed by atoms with van der Waals surface area (Å²) >= 11 is 0. The normalized spacial score (nSPS) is 24.7. The minimum absolute atomic E-state index is 0.286. The van der Waals surface area contributed by atoms with Crippen molar-refractivity contribution in [3.05, 3.63) is 0 Å². The Hall–Kier alpha value is -0.570. The van der Waals surface area contributed by atoms with E-state index in [2.05, 4.69) is 30.7 Å². The summed E-state index contributed by atoms with van der Waals surface area (Å²) in [5, 5.41) is 0.